The Balaban J connectivity index is 1.60. The zero-order chi connectivity index (χ0) is 19.8. The van der Waals surface area contributed by atoms with Gasteiger partial charge in [-0.15, -0.1) is 11.3 Å². The summed E-state index contributed by atoms with van der Waals surface area (Å²) >= 11 is 1.57. The number of nitrogen functional groups attached to an aromatic ring is 1. The van der Waals surface area contributed by atoms with E-state index < -0.39 is 0 Å². The normalized spacial score (nSPS) is 15.1. The summed E-state index contributed by atoms with van der Waals surface area (Å²) in [5.41, 5.74) is 10.8. The number of thiazole rings is 1. The van der Waals surface area contributed by atoms with Gasteiger partial charge >= 0.3 is 0 Å². The molecule has 1 saturated carbocycles. The second kappa shape index (κ2) is 7.44. The molecule has 5 rings (SSSR count). The van der Waals surface area contributed by atoms with Crippen LogP contribution in [0.25, 0.3) is 27.5 Å². The van der Waals surface area contributed by atoms with Crippen LogP contribution in [0, 0.1) is 0 Å². The van der Waals surface area contributed by atoms with Gasteiger partial charge in [0.15, 0.2) is 17.2 Å². The van der Waals surface area contributed by atoms with E-state index in [-0.39, 0.29) is 0 Å². The van der Waals surface area contributed by atoms with Gasteiger partial charge in [0.2, 0.25) is 0 Å². The molecule has 0 atom stereocenters. The van der Waals surface area contributed by atoms with Gasteiger partial charge in [-0.1, -0.05) is 25.3 Å². The van der Waals surface area contributed by atoms with Gasteiger partial charge in [0.1, 0.15) is 5.01 Å². The van der Waals surface area contributed by atoms with Crippen molar-refractivity contribution in [3.05, 3.63) is 41.8 Å². The summed E-state index contributed by atoms with van der Waals surface area (Å²) in [7, 11) is 1.65. The Morgan fingerprint density at radius 3 is 2.69 bits per heavy atom. The SMILES string of the molecule is COc1c(C2CCCCC2)nc2c(-c3ccc(-c4nccs4)nc3)cnn2c1N. The molecule has 2 N–H and O–H groups in total. The van der Waals surface area contributed by atoms with Gasteiger partial charge in [-0.3, -0.25) is 4.98 Å². The molecule has 4 aromatic rings. The maximum absolute atomic E-state index is 6.43. The first-order valence-electron chi connectivity index (χ1n) is 9.83. The van der Waals surface area contributed by atoms with E-state index in [4.69, 9.17) is 15.5 Å². The van der Waals surface area contributed by atoms with E-state index in [0.29, 0.717) is 17.5 Å². The molecule has 4 aromatic heterocycles. The fourth-order valence-electron chi connectivity index (χ4n) is 4.11. The Morgan fingerprint density at radius 2 is 2.00 bits per heavy atom. The van der Waals surface area contributed by atoms with E-state index in [1.165, 1.54) is 19.3 Å². The molecule has 0 saturated heterocycles. The highest BCUT2D eigenvalue weighted by Crippen LogP contribution is 2.40. The smallest absolute Gasteiger partial charge is 0.182 e. The number of fused-ring (bicyclic) bond motifs is 1. The van der Waals surface area contributed by atoms with Gasteiger partial charge in [-0.25, -0.2) is 9.97 Å². The van der Waals surface area contributed by atoms with Crippen molar-refractivity contribution in [2.75, 3.05) is 12.8 Å². The lowest BCUT2D eigenvalue weighted by molar-refractivity contribution is 0.380. The molecule has 0 bridgehead atoms. The van der Waals surface area contributed by atoms with Crippen LogP contribution in [0.15, 0.2) is 36.1 Å². The number of hydrogen-bond donors (Lipinski definition) is 1. The minimum Gasteiger partial charge on any atom is -0.491 e. The minimum absolute atomic E-state index is 0.374. The van der Waals surface area contributed by atoms with E-state index in [0.717, 1.165) is 46.0 Å². The van der Waals surface area contributed by atoms with Crippen molar-refractivity contribution in [2.45, 2.75) is 38.0 Å². The number of aromatic nitrogens is 5. The number of pyridine rings is 1. The predicted molar refractivity (Wildman–Crippen MR) is 114 cm³/mol. The Bertz CT molecular complexity index is 1130. The lowest BCUT2D eigenvalue weighted by Gasteiger charge is -2.23. The lowest BCUT2D eigenvalue weighted by atomic mass is 9.86. The number of nitrogens with two attached hydrogens (primary N) is 1. The van der Waals surface area contributed by atoms with Crippen molar-refractivity contribution in [1.29, 1.82) is 0 Å². The van der Waals surface area contributed by atoms with Gasteiger partial charge in [0.05, 0.1) is 24.7 Å². The van der Waals surface area contributed by atoms with Crippen LogP contribution in [0.1, 0.15) is 43.7 Å². The number of rotatable bonds is 4. The number of methoxy groups -OCH3 is 1. The third-order valence-electron chi connectivity index (χ3n) is 5.59. The van der Waals surface area contributed by atoms with Crippen molar-refractivity contribution >= 4 is 22.8 Å². The zero-order valence-corrected chi connectivity index (χ0v) is 17.0. The van der Waals surface area contributed by atoms with E-state index in [1.54, 1.807) is 35.4 Å². The summed E-state index contributed by atoms with van der Waals surface area (Å²) in [6.45, 7) is 0. The second-order valence-electron chi connectivity index (χ2n) is 7.31. The van der Waals surface area contributed by atoms with Crippen molar-refractivity contribution < 1.29 is 4.74 Å². The monoisotopic (exact) mass is 406 g/mol. The van der Waals surface area contributed by atoms with Gasteiger partial charge < -0.3 is 10.5 Å². The summed E-state index contributed by atoms with van der Waals surface area (Å²) < 4.78 is 7.30. The van der Waals surface area contributed by atoms with Gasteiger partial charge in [0.25, 0.3) is 0 Å². The van der Waals surface area contributed by atoms with Crippen molar-refractivity contribution in [3.8, 4) is 27.6 Å². The fraction of sp³-hybridized carbons (Fsp3) is 0.333. The number of nitrogens with zero attached hydrogens (tertiary/aromatic N) is 5. The quantitative estimate of drug-likeness (QED) is 0.534. The first kappa shape index (κ1) is 18.1. The first-order chi connectivity index (χ1) is 14.3. The summed E-state index contributed by atoms with van der Waals surface area (Å²) in [5, 5.41) is 7.33. The maximum atomic E-state index is 6.43. The molecule has 1 aliphatic rings. The largest absolute Gasteiger partial charge is 0.491 e. The Kier molecular flexibility index (Phi) is 4.63. The minimum atomic E-state index is 0.374. The number of ether oxygens (including phenoxy) is 1. The van der Waals surface area contributed by atoms with Crippen LogP contribution in [0.4, 0.5) is 5.82 Å². The highest BCUT2D eigenvalue weighted by Gasteiger charge is 2.25. The highest BCUT2D eigenvalue weighted by atomic mass is 32.1. The van der Waals surface area contributed by atoms with E-state index >= 15 is 0 Å². The van der Waals surface area contributed by atoms with Gasteiger partial charge in [-0.05, 0) is 18.9 Å². The van der Waals surface area contributed by atoms with Gasteiger partial charge in [-0.2, -0.15) is 9.61 Å². The third-order valence-corrected chi connectivity index (χ3v) is 6.38. The van der Waals surface area contributed by atoms with Crippen molar-refractivity contribution in [3.63, 3.8) is 0 Å². The fourth-order valence-corrected chi connectivity index (χ4v) is 4.73. The molecule has 0 aliphatic heterocycles. The molecule has 1 fully saturated rings. The summed E-state index contributed by atoms with van der Waals surface area (Å²) in [6, 6.07) is 4.01. The topological polar surface area (TPSA) is 91.2 Å². The van der Waals surface area contributed by atoms with Crippen LogP contribution in [0.3, 0.4) is 0 Å². The average molecular weight is 407 g/mol. The molecular formula is C21H22N6OS. The Labute approximate surface area is 172 Å². The van der Waals surface area contributed by atoms with Crippen LogP contribution in [0.5, 0.6) is 5.75 Å². The zero-order valence-electron chi connectivity index (χ0n) is 16.2. The van der Waals surface area contributed by atoms with Crippen LogP contribution in [-0.4, -0.2) is 31.7 Å². The molecular weight excluding hydrogens is 384 g/mol. The highest BCUT2D eigenvalue weighted by molar-refractivity contribution is 7.13. The molecule has 7 nitrogen and oxygen atoms in total. The van der Waals surface area contributed by atoms with Gasteiger partial charge in [0, 0.05) is 34.8 Å². The van der Waals surface area contributed by atoms with Crippen LogP contribution < -0.4 is 10.5 Å². The number of hydrogen-bond acceptors (Lipinski definition) is 7. The maximum Gasteiger partial charge on any atom is 0.182 e. The molecule has 0 aromatic carbocycles. The molecule has 0 unspecified atom stereocenters. The van der Waals surface area contributed by atoms with Crippen LogP contribution in [0.2, 0.25) is 0 Å². The van der Waals surface area contributed by atoms with Crippen molar-refractivity contribution in [2.24, 2.45) is 0 Å². The molecule has 148 valence electrons. The first-order valence-corrected chi connectivity index (χ1v) is 10.7. The number of anilines is 1. The summed E-state index contributed by atoms with van der Waals surface area (Å²) in [5.74, 6) is 1.52. The Hall–Kier alpha value is -3.00. The summed E-state index contributed by atoms with van der Waals surface area (Å²) in [6.07, 6.45) is 11.4. The Morgan fingerprint density at radius 1 is 1.14 bits per heavy atom. The predicted octanol–water partition coefficient (Wildman–Crippen LogP) is 4.55. The standard InChI is InChI=1S/C21H22N6OS/c1-28-18-17(13-5-3-2-4-6-13)26-20-15(12-25-27(20)19(18)22)14-7-8-16(24-11-14)21-23-9-10-29-21/h7-13H,2-6,22H2,1H3. The molecule has 0 amide bonds. The molecule has 1 aliphatic carbocycles. The summed E-state index contributed by atoms with van der Waals surface area (Å²) in [4.78, 5) is 13.9. The second-order valence-corrected chi connectivity index (χ2v) is 8.21. The van der Waals surface area contributed by atoms with Crippen molar-refractivity contribution in [1.82, 2.24) is 24.6 Å². The third kappa shape index (κ3) is 3.13. The molecule has 29 heavy (non-hydrogen) atoms. The molecule has 0 radical (unpaired) electrons. The molecule has 4 heterocycles. The van der Waals surface area contributed by atoms with E-state index in [1.807, 2.05) is 23.7 Å². The van der Waals surface area contributed by atoms with E-state index in [2.05, 4.69) is 15.1 Å². The van der Waals surface area contributed by atoms with Crippen LogP contribution in [-0.2, 0) is 0 Å². The average Bonchev–Trinajstić information content (AvgIpc) is 3.45. The van der Waals surface area contributed by atoms with E-state index in [9.17, 15) is 0 Å². The molecule has 0 spiro atoms. The molecule has 8 heteroatoms. The van der Waals surface area contributed by atoms with Crippen LogP contribution >= 0.6 is 11.3 Å². The lowest BCUT2D eigenvalue weighted by Crippen LogP contribution is -2.13.